The van der Waals surface area contributed by atoms with Crippen LogP contribution in [0, 0.1) is 0 Å². The highest BCUT2D eigenvalue weighted by Crippen LogP contribution is 2.20. The minimum Gasteiger partial charge on any atom is -0.447 e. The molecule has 1 saturated heterocycles. The van der Waals surface area contributed by atoms with Gasteiger partial charge in [-0.05, 0) is 24.3 Å². The second-order valence-corrected chi connectivity index (χ2v) is 3.98. The summed E-state index contributed by atoms with van der Waals surface area (Å²) in [5.74, 6) is 0.411. The fourth-order valence-electron chi connectivity index (χ4n) is 1.88. The predicted octanol–water partition coefficient (Wildman–Crippen LogP) is 1.66. The molecule has 1 aliphatic heterocycles. The topological polar surface area (TPSA) is 72.6 Å². The number of nitrogens with zero attached hydrogens (tertiary/aromatic N) is 2. The molecule has 0 bridgehead atoms. The van der Waals surface area contributed by atoms with E-state index in [-0.39, 0.29) is 12.3 Å². The summed E-state index contributed by atoms with van der Waals surface area (Å²) in [4.78, 5) is 28.5. The van der Waals surface area contributed by atoms with E-state index in [0.29, 0.717) is 17.9 Å². The summed E-state index contributed by atoms with van der Waals surface area (Å²) in [5, 5.41) is 0. The summed E-state index contributed by atoms with van der Waals surface area (Å²) in [6.07, 6.45) is 2.71. The van der Waals surface area contributed by atoms with Crippen LogP contribution in [0.1, 0.15) is 0 Å². The molecule has 0 atom stereocenters. The first-order valence-electron chi connectivity index (χ1n) is 5.74. The minimum atomic E-state index is -0.569. The van der Waals surface area contributed by atoms with Crippen molar-refractivity contribution in [3.05, 3.63) is 47.1 Å². The zero-order valence-corrected chi connectivity index (χ0v) is 9.91. The van der Waals surface area contributed by atoms with Crippen molar-refractivity contribution < 1.29 is 13.9 Å². The van der Waals surface area contributed by atoms with Crippen LogP contribution >= 0.6 is 0 Å². The van der Waals surface area contributed by atoms with E-state index in [1.165, 1.54) is 4.90 Å². The van der Waals surface area contributed by atoms with Gasteiger partial charge < -0.3 is 9.15 Å². The molecule has 0 spiro atoms. The largest absolute Gasteiger partial charge is 0.447 e. The van der Waals surface area contributed by atoms with E-state index in [4.69, 9.17) is 9.15 Å². The van der Waals surface area contributed by atoms with Crippen LogP contribution in [0.5, 0.6) is 0 Å². The van der Waals surface area contributed by atoms with Gasteiger partial charge in [0, 0.05) is 18.0 Å². The molecule has 1 amide bonds. The zero-order chi connectivity index (χ0) is 13.2. The standard InChI is InChI=1S/C13H10N2O4/c16-12-10(15-6-7-18-13(15)17)3-4-11(19-12)9-2-1-5-14-8-9/h1-5,8H,6-7H2. The Bertz CT molecular complexity index is 666. The number of pyridine rings is 1. The van der Waals surface area contributed by atoms with Crippen LogP contribution in [-0.4, -0.2) is 24.2 Å². The summed E-state index contributed by atoms with van der Waals surface area (Å²) < 4.78 is 10.00. The molecule has 1 aliphatic rings. The number of carbonyl (C=O) groups is 1. The van der Waals surface area contributed by atoms with Gasteiger partial charge in [0.15, 0.2) is 0 Å². The van der Waals surface area contributed by atoms with E-state index in [0.717, 1.165) is 0 Å². The highest BCUT2D eigenvalue weighted by Gasteiger charge is 2.26. The highest BCUT2D eigenvalue weighted by molar-refractivity contribution is 5.89. The number of ether oxygens (including phenoxy) is 1. The van der Waals surface area contributed by atoms with Crippen LogP contribution in [0.3, 0.4) is 0 Å². The van der Waals surface area contributed by atoms with Crippen molar-refractivity contribution in [1.29, 1.82) is 0 Å². The third-order valence-corrected chi connectivity index (χ3v) is 2.80. The smallest absolute Gasteiger partial charge is 0.414 e. The number of aromatic nitrogens is 1. The van der Waals surface area contributed by atoms with Gasteiger partial charge in [-0.3, -0.25) is 9.88 Å². The molecule has 0 N–H and O–H groups in total. The highest BCUT2D eigenvalue weighted by atomic mass is 16.6. The Morgan fingerprint density at radius 3 is 2.74 bits per heavy atom. The second kappa shape index (κ2) is 4.56. The lowest BCUT2D eigenvalue weighted by Crippen LogP contribution is -2.28. The molecular weight excluding hydrogens is 248 g/mol. The minimum absolute atomic E-state index is 0.190. The zero-order valence-electron chi connectivity index (χ0n) is 9.91. The molecule has 0 aliphatic carbocycles. The van der Waals surface area contributed by atoms with Crippen LogP contribution < -0.4 is 10.5 Å². The Hall–Kier alpha value is -2.63. The summed E-state index contributed by atoms with van der Waals surface area (Å²) >= 11 is 0. The Kier molecular flexibility index (Phi) is 2.75. The second-order valence-electron chi connectivity index (χ2n) is 3.98. The Labute approximate surface area is 108 Å². The van der Waals surface area contributed by atoms with Gasteiger partial charge in [-0.2, -0.15) is 0 Å². The number of hydrogen-bond acceptors (Lipinski definition) is 5. The first kappa shape index (κ1) is 11.5. The quantitative estimate of drug-likeness (QED) is 0.819. The lowest BCUT2D eigenvalue weighted by atomic mass is 10.2. The fraction of sp³-hybridized carbons (Fsp3) is 0.154. The summed E-state index contributed by atoms with van der Waals surface area (Å²) in [6.45, 7) is 0.637. The van der Waals surface area contributed by atoms with E-state index in [1.807, 2.05) is 0 Å². The summed E-state index contributed by atoms with van der Waals surface area (Å²) in [6, 6.07) is 6.73. The Balaban J connectivity index is 1.99. The monoisotopic (exact) mass is 258 g/mol. The molecule has 0 aromatic carbocycles. The van der Waals surface area contributed by atoms with Crippen LogP contribution in [0.2, 0.25) is 0 Å². The number of anilines is 1. The molecular formula is C13H10N2O4. The van der Waals surface area contributed by atoms with E-state index in [1.54, 1.807) is 36.7 Å². The summed E-state index contributed by atoms with van der Waals surface area (Å²) in [5.41, 5.74) is 0.325. The lowest BCUT2D eigenvalue weighted by Gasteiger charge is -2.10. The average Bonchev–Trinajstić information content (AvgIpc) is 2.86. The van der Waals surface area contributed by atoms with Gasteiger partial charge in [-0.25, -0.2) is 9.59 Å². The fourth-order valence-corrected chi connectivity index (χ4v) is 1.88. The number of carbonyl (C=O) groups excluding carboxylic acids is 1. The number of amides is 1. The molecule has 0 saturated carbocycles. The van der Waals surface area contributed by atoms with E-state index in [2.05, 4.69) is 4.98 Å². The first-order valence-corrected chi connectivity index (χ1v) is 5.74. The van der Waals surface area contributed by atoms with Gasteiger partial charge in [0.1, 0.15) is 18.1 Å². The Morgan fingerprint density at radius 1 is 1.21 bits per heavy atom. The van der Waals surface area contributed by atoms with Crippen molar-refractivity contribution in [3.63, 3.8) is 0 Å². The van der Waals surface area contributed by atoms with E-state index in [9.17, 15) is 9.59 Å². The Morgan fingerprint density at radius 2 is 2.11 bits per heavy atom. The van der Waals surface area contributed by atoms with Crippen molar-refractivity contribution in [1.82, 2.24) is 4.98 Å². The van der Waals surface area contributed by atoms with Crippen LogP contribution in [0.25, 0.3) is 11.3 Å². The van der Waals surface area contributed by atoms with Crippen LogP contribution in [0.4, 0.5) is 10.5 Å². The van der Waals surface area contributed by atoms with Gasteiger partial charge in [-0.15, -0.1) is 0 Å². The maximum Gasteiger partial charge on any atom is 0.414 e. The maximum atomic E-state index is 11.9. The predicted molar refractivity (Wildman–Crippen MR) is 66.9 cm³/mol. The molecule has 3 rings (SSSR count). The molecule has 6 nitrogen and oxygen atoms in total. The molecule has 19 heavy (non-hydrogen) atoms. The average molecular weight is 258 g/mol. The number of cyclic esters (lactones) is 1. The van der Waals surface area contributed by atoms with E-state index >= 15 is 0 Å². The molecule has 96 valence electrons. The number of hydrogen-bond donors (Lipinski definition) is 0. The van der Waals surface area contributed by atoms with E-state index < -0.39 is 11.7 Å². The van der Waals surface area contributed by atoms with Crippen molar-refractivity contribution in [3.8, 4) is 11.3 Å². The molecule has 0 radical (unpaired) electrons. The third kappa shape index (κ3) is 2.08. The van der Waals surface area contributed by atoms with Crippen molar-refractivity contribution in [2.45, 2.75) is 0 Å². The van der Waals surface area contributed by atoms with Crippen molar-refractivity contribution >= 4 is 11.8 Å². The molecule has 1 fully saturated rings. The maximum absolute atomic E-state index is 11.9. The molecule has 2 aromatic rings. The van der Waals surface area contributed by atoms with Crippen molar-refractivity contribution in [2.24, 2.45) is 0 Å². The first-order chi connectivity index (χ1) is 9.25. The van der Waals surface area contributed by atoms with Gasteiger partial charge in [0.2, 0.25) is 0 Å². The normalized spacial score (nSPS) is 14.5. The van der Waals surface area contributed by atoms with Crippen LogP contribution in [0.15, 0.2) is 45.9 Å². The molecule has 0 unspecified atom stereocenters. The van der Waals surface area contributed by atoms with Crippen molar-refractivity contribution in [2.75, 3.05) is 18.1 Å². The van der Waals surface area contributed by atoms with Crippen LogP contribution in [-0.2, 0) is 4.74 Å². The third-order valence-electron chi connectivity index (χ3n) is 2.80. The molecule has 3 heterocycles. The molecule has 2 aromatic heterocycles. The van der Waals surface area contributed by atoms with Gasteiger partial charge >= 0.3 is 11.7 Å². The lowest BCUT2D eigenvalue weighted by molar-refractivity contribution is 0.181. The number of rotatable bonds is 2. The van der Waals surface area contributed by atoms with Gasteiger partial charge in [-0.1, -0.05) is 0 Å². The SMILES string of the molecule is O=C1OCCN1c1ccc(-c2cccnc2)oc1=O. The summed E-state index contributed by atoms with van der Waals surface area (Å²) in [7, 11) is 0. The van der Waals surface area contributed by atoms with Gasteiger partial charge in [0.25, 0.3) is 0 Å². The molecule has 6 heteroatoms. The van der Waals surface area contributed by atoms with Gasteiger partial charge in [0.05, 0.1) is 6.54 Å².